The van der Waals surface area contributed by atoms with Crippen molar-refractivity contribution >= 4 is 17.2 Å². The van der Waals surface area contributed by atoms with E-state index in [1.807, 2.05) is 0 Å². The summed E-state index contributed by atoms with van der Waals surface area (Å²) in [6.07, 6.45) is 2.16. The van der Waals surface area contributed by atoms with E-state index in [2.05, 4.69) is 0 Å². The number of fused-ring (bicyclic) bond motifs is 1. The van der Waals surface area contributed by atoms with Gasteiger partial charge in [-0.3, -0.25) is 0 Å². The molecule has 1 aliphatic heterocycles. The second-order valence-corrected chi connectivity index (χ2v) is 5.13. The summed E-state index contributed by atoms with van der Waals surface area (Å²) in [7, 11) is 0. The standard InChI is InChI=1S/C16H13ClO4/c1-10-8-14-15(16(18)21-10)11(6-7-19-14)9-20-13-4-2-12(17)3-5-13/h2-5,8-9H,6-7H2,1H3/b11-9+. The third-order valence-corrected chi connectivity index (χ3v) is 3.39. The molecule has 5 heteroatoms. The van der Waals surface area contributed by atoms with Gasteiger partial charge in [-0.05, 0) is 31.2 Å². The molecule has 1 aromatic carbocycles. The van der Waals surface area contributed by atoms with Crippen LogP contribution in [0, 0.1) is 6.92 Å². The molecule has 0 radical (unpaired) electrons. The van der Waals surface area contributed by atoms with E-state index in [-0.39, 0.29) is 0 Å². The van der Waals surface area contributed by atoms with Crippen molar-refractivity contribution in [3.63, 3.8) is 0 Å². The second kappa shape index (κ2) is 5.66. The molecule has 0 unspecified atom stereocenters. The molecule has 21 heavy (non-hydrogen) atoms. The van der Waals surface area contributed by atoms with Gasteiger partial charge >= 0.3 is 5.63 Å². The Balaban J connectivity index is 1.93. The van der Waals surface area contributed by atoms with Gasteiger partial charge in [-0.2, -0.15) is 0 Å². The SMILES string of the molecule is Cc1cc2c(c(=O)o1)/C(=C/Oc1ccc(Cl)cc1)CCO2. The summed E-state index contributed by atoms with van der Waals surface area (Å²) >= 11 is 5.82. The van der Waals surface area contributed by atoms with Crippen LogP contribution in [0.3, 0.4) is 0 Å². The van der Waals surface area contributed by atoms with Gasteiger partial charge in [0.15, 0.2) is 0 Å². The van der Waals surface area contributed by atoms with E-state index in [4.69, 9.17) is 25.5 Å². The van der Waals surface area contributed by atoms with Crippen LogP contribution in [0.1, 0.15) is 17.7 Å². The molecule has 0 bridgehead atoms. The van der Waals surface area contributed by atoms with Gasteiger partial charge in [0.05, 0.1) is 12.9 Å². The monoisotopic (exact) mass is 304 g/mol. The molecule has 0 spiro atoms. The van der Waals surface area contributed by atoms with E-state index in [9.17, 15) is 4.79 Å². The van der Waals surface area contributed by atoms with Crippen molar-refractivity contribution < 1.29 is 13.9 Å². The van der Waals surface area contributed by atoms with Gasteiger partial charge in [-0.25, -0.2) is 4.79 Å². The summed E-state index contributed by atoms with van der Waals surface area (Å²) in [4.78, 5) is 12.0. The first-order valence-corrected chi connectivity index (χ1v) is 6.90. The number of halogens is 1. The van der Waals surface area contributed by atoms with Gasteiger partial charge in [0.1, 0.15) is 22.8 Å². The van der Waals surface area contributed by atoms with Gasteiger partial charge in [0.25, 0.3) is 0 Å². The molecule has 3 rings (SSSR count). The maximum atomic E-state index is 12.0. The molecular formula is C16H13ClO4. The van der Waals surface area contributed by atoms with Crippen LogP contribution >= 0.6 is 11.6 Å². The number of hydrogen-bond acceptors (Lipinski definition) is 4. The Morgan fingerprint density at radius 2 is 2.05 bits per heavy atom. The lowest BCUT2D eigenvalue weighted by Gasteiger charge is -2.18. The molecule has 0 saturated carbocycles. The molecule has 1 aromatic heterocycles. The minimum absolute atomic E-state index is 0.407. The van der Waals surface area contributed by atoms with E-state index in [1.165, 1.54) is 0 Å². The highest BCUT2D eigenvalue weighted by Gasteiger charge is 2.21. The van der Waals surface area contributed by atoms with Gasteiger partial charge in [-0.15, -0.1) is 0 Å². The maximum absolute atomic E-state index is 12.0. The van der Waals surface area contributed by atoms with E-state index in [0.29, 0.717) is 40.9 Å². The smallest absolute Gasteiger partial charge is 0.347 e. The molecule has 0 amide bonds. The third-order valence-electron chi connectivity index (χ3n) is 3.14. The first-order valence-electron chi connectivity index (χ1n) is 6.52. The highest BCUT2D eigenvalue weighted by Crippen LogP contribution is 2.31. The Morgan fingerprint density at radius 3 is 2.81 bits per heavy atom. The quantitative estimate of drug-likeness (QED) is 0.792. The van der Waals surface area contributed by atoms with Gasteiger partial charge in [0, 0.05) is 23.1 Å². The molecule has 1 aliphatic rings. The van der Waals surface area contributed by atoms with Crippen LogP contribution in [0.15, 0.2) is 45.8 Å². The number of ether oxygens (including phenoxy) is 2. The van der Waals surface area contributed by atoms with Crippen molar-refractivity contribution in [2.24, 2.45) is 0 Å². The highest BCUT2D eigenvalue weighted by molar-refractivity contribution is 6.30. The average Bonchev–Trinajstić information content (AvgIpc) is 2.46. The largest absolute Gasteiger partial charge is 0.492 e. The molecule has 108 valence electrons. The third kappa shape index (κ3) is 2.95. The Hall–Kier alpha value is -2.20. The zero-order chi connectivity index (χ0) is 14.8. The normalized spacial score (nSPS) is 15.4. The summed E-state index contributed by atoms with van der Waals surface area (Å²) in [5.74, 6) is 1.72. The van der Waals surface area contributed by atoms with E-state index in [1.54, 1.807) is 43.5 Å². The number of aryl methyl sites for hydroxylation is 1. The fourth-order valence-corrected chi connectivity index (χ4v) is 2.28. The maximum Gasteiger partial charge on any atom is 0.347 e. The van der Waals surface area contributed by atoms with Crippen molar-refractivity contribution in [1.82, 2.24) is 0 Å². The van der Waals surface area contributed by atoms with Gasteiger partial charge in [0.2, 0.25) is 0 Å². The van der Waals surface area contributed by atoms with Crippen molar-refractivity contribution in [2.45, 2.75) is 13.3 Å². The van der Waals surface area contributed by atoms with E-state index < -0.39 is 5.63 Å². The summed E-state index contributed by atoms with van der Waals surface area (Å²) in [5.41, 5.74) is 0.788. The Morgan fingerprint density at radius 1 is 1.29 bits per heavy atom. The van der Waals surface area contributed by atoms with Crippen molar-refractivity contribution in [3.05, 3.63) is 63.4 Å². The van der Waals surface area contributed by atoms with E-state index >= 15 is 0 Å². The number of hydrogen-bond donors (Lipinski definition) is 0. The van der Waals surface area contributed by atoms with Crippen LogP contribution in [0.25, 0.3) is 5.57 Å². The van der Waals surface area contributed by atoms with Crippen molar-refractivity contribution in [1.29, 1.82) is 0 Å². The zero-order valence-electron chi connectivity index (χ0n) is 11.4. The molecule has 0 saturated heterocycles. The fraction of sp³-hybridized carbons (Fsp3) is 0.188. The lowest BCUT2D eigenvalue weighted by molar-refractivity contribution is 0.306. The first kappa shape index (κ1) is 13.8. The molecule has 2 aromatic rings. The van der Waals surface area contributed by atoms with Crippen LogP contribution in [-0.2, 0) is 0 Å². The van der Waals surface area contributed by atoms with Crippen LogP contribution in [-0.4, -0.2) is 6.61 Å². The molecule has 0 aliphatic carbocycles. The predicted molar refractivity (Wildman–Crippen MR) is 79.9 cm³/mol. The zero-order valence-corrected chi connectivity index (χ0v) is 12.1. The summed E-state index contributed by atoms with van der Waals surface area (Å²) in [5, 5.41) is 0.641. The van der Waals surface area contributed by atoms with Crippen LogP contribution in [0.5, 0.6) is 11.5 Å². The van der Waals surface area contributed by atoms with Crippen molar-refractivity contribution in [3.8, 4) is 11.5 Å². The highest BCUT2D eigenvalue weighted by atomic mass is 35.5. The average molecular weight is 305 g/mol. The molecule has 0 N–H and O–H groups in total. The number of benzene rings is 1. The van der Waals surface area contributed by atoms with Crippen molar-refractivity contribution in [2.75, 3.05) is 6.61 Å². The minimum atomic E-state index is -0.407. The Bertz CT molecular complexity index is 744. The lowest BCUT2D eigenvalue weighted by Crippen LogP contribution is -2.17. The van der Waals surface area contributed by atoms with Gasteiger partial charge < -0.3 is 13.9 Å². The molecule has 0 fully saturated rings. The topological polar surface area (TPSA) is 48.7 Å². The molecule has 2 heterocycles. The van der Waals surface area contributed by atoms with Crippen LogP contribution in [0.4, 0.5) is 0 Å². The summed E-state index contributed by atoms with van der Waals surface area (Å²) in [6.45, 7) is 2.22. The van der Waals surface area contributed by atoms with Crippen LogP contribution in [0.2, 0.25) is 5.02 Å². The predicted octanol–water partition coefficient (Wildman–Crippen LogP) is 3.80. The molecule has 4 nitrogen and oxygen atoms in total. The summed E-state index contributed by atoms with van der Waals surface area (Å²) < 4.78 is 16.2. The second-order valence-electron chi connectivity index (χ2n) is 4.70. The Labute approximate surface area is 126 Å². The fourth-order valence-electron chi connectivity index (χ4n) is 2.15. The lowest BCUT2D eigenvalue weighted by atomic mass is 10.0. The molecular weight excluding hydrogens is 292 g/mol. The van der Waals surface area contributed by atoms with Gasteiger partial charge in [-0.1, -0.05) is 11.6 Å². The Kier molecular flexibility index (Phi) is 3.71. The number of rotatable bonds is 2. The molecule has 0 atom stereocenters. The van der Waals surface area contributed by atoms with Crippen LogP contribution < -0.4 is 15.1 Å². The van der Waals surface area contributed by atoms with E-state index in [0.717, 1.165) is 5.57 Å². The minimum Gasteiger partial charge on any atom is -0.492 e. The first-order chi connectivity index (χ1) is 10.1. The summed E-state index contributed by atoms with van der Waals surface area (Å²) in [6, 6.07) is 8.72.